The Hall–Kier alpha value is -3.50. The minimum Gasteiger partial charge on any atom is -0.490 e. The molecule has 1 amide bonds. The van der Waals surface area contributed by atoms with Crippen molar-refractivity contribution in [2.45, 2.75) is 44.9 Å². The van der Waals surface area contributed by atoms with Crippen LogP contribution in [-0.4, -0.2) is 35.0 Å². The number of nitrogens with zero attached hydrogens (tertiary/aromatic N) is 3. The predicted molar refractivity (Wildman–Crippen MR) is 168 cm³/mol. The maximum atomic E-state index is 13.6. The Morgan fingerprint density at radius 1 is 1.07 bits per heavy atom. The van der Waals surface area contributed by atoms with Crippen LogP contribution in [0.15, 0.2) is 79.5 Å². The maximum Gasteiger partial charge on any atom is 0.282 e. The second-order valence-electron chi connectivity index (χ2n) is 9.79. The number of amides is 1. The zero-order valence-electron chi connectivity index (χ0n) is 22.6. The van der Waals surface area contributed by atoms with Crippen molar-refractivity contribution in [2.24, 2.45) is 5.10 Å². The number of aromatic nitrogens is 2. The second-order valence-corrected chi connectivity index (χ2v) is 11.6. The molecule has 0 unspecified atom stereocenters. The zero-order valence-corrected chi connectivity index (χ0v) is 25.8. The molecule has 0 aliphatic heterocycles. The summed E-state index contributed by atoms with van der Waals surface area (Å²) in [6.07, 6.45) is 7.00. The number of hydrogen-bond acceptors (Lipinski definition) is 6. The van der Waals surface area contributed by atoms with E-state index in [9.17, 15) is 9.59 Å². The fraction of sp³-hybridized carbons (Fsp3) is 0.290. The van der Waals surface area contributed by atoms with Crippen LogP contribution in [0.2, 0.25) is 0 Å². The van der Waals surface area contributed by atoms with Crippen molar-refractivity contribution in [1.82, 2.24) is 9.66 Å². The van der Waals surface area contributed by atoms with Crippen molar-refractivity contribution in [3.05, 3.63) is 91.4 Å². The summed E-state index contributed by atoms with van der Waals surface area (Å²) in [4.78, 5) is 31.0. The first-order valence-corrected chi connectivity index (χ1v) is 15.2. The number of carbonyl (C=O) groups excluding carboxylic acids is 1. The quantitative estimate of drug-likeness (QED) is 0.188. The second kappa shape index (κ2) is 13.4. The van der Waals surface area contributed by atoms with E-state index in [0.29, 0.717) is 50.6 Å². The van der Waals surface area contributed by atoms with Gasteiger partial charge in [0.25, 0.3) is 11.5 Å². The molecule has 1 fully saturated rings. The van der Waals surface area contributed by atoms with Crippen LogP contribution in [0, 0.1) is 0 Å². The summed E-state index contributed by atoms with van der Waals surface area (Å²) in [5, 5.41) is 7.95. The number of para-hydroxylation sites is 1. The number of carbonyl (C=O) groups is 1. The van der Waals surface area contributed by atoms with Gasteiger partial charge < -0.3 is 14.8 Å². The highest BCUT2D eigenvalue weighted by Crippen LogP contribution is 2.37. The van der Waals surface area contributed by atoms with E-state index in [1.54, 1.807) is 18.3 Å². The number of halogens is 2. The first-order chi connectivity index (χ1) is 19.9. The Morgan fingerprint density at radius 2 is 1.85 bits per heavy atom. The summed E-state index contributed by atoms with van der Waals surface area (Å²) in [6.45, 7) is 2.07. The van der Waals surface area contributed by atoms with Crippen LogP contribution < -0.4 is 20.3 Å². The predicted octanol–water partition coefficient (Wildman–Crippen LogP) is 7.27. The Bertz CT molecular complexity index is 1630. The fourth-order valence-electron chi connectivity index (χ4n) is 4.95. The van der Waals surface area contributed by atoms with Crippen LogP contribution in [-0.2, 0) is 4.79 Å². The highest BCUT2D eigenvalue weighted by Gasteiger charge is 2.23. The van der Waals surface area contributed by atoms with E-state index in [4.69, 9.17) is 14.5 Å². The smallest absolute Gasteiger partial charge is 0.282 e. The molecule has 0 radical (unpaired) electrons. The molecule has 8 nitrogen and oxygen atoms in total. The standard InChI is InChI=1S/C31H30Br2N4O4/c1-2-40-27-16-20(15-25(33)29(27)41-19-28(38)35-23-11-7-4-8-12-23)18-34-37-30(21-9-5-3-6-10-21)36-26-14-13-22(32)17-24(26)31(37)39/h4,7-8,11-18,21H,2-3,5-6,9-10,19H2,1H3,(H,35,38). The Labute approximate surface area is 255 Å². The minimum absolute atomic E-state index is 0.171. The number of benzene rings is 3. The molecule has 1 heterocycles. The molecule has 41 heavy (non-hydrogen) atoms. The van der Waals surface area contributed by atoms with Gasteiger partial charge in [-0.1, -0.05) is 53.4 Å². The Kier molecular flexibility index (Phi) is 9.51. The first kappa shape index (κ1) is 29.0. The molecule has 0 atom stereocenters. The summed E-state index contributed by atoms with van der Waals surface area (Å²) >= 11 is 7.03. The van der Waals surface area contributed by atoms with Gasteiger partial charge >= 0.3 is 0 Å². The molecule has 1 aromatic heterocycles. The zero-order chi connectivity index (χ0) is 28.8. The Balaban J connectivity index is 1.44. The molecule has 5 rings (SSSR count). The lowest BCUT2D eigenvalue weighted by Crippen LogP contribution is -2.25. The van der Waals surface area contributed by atoms with Gasteiger partial charge in [-0.15, -0.1) is 0 Å². The molecule has 4 aromatic rings. The van der Waals surface area contributed by atoms with Crippen molar-refractivity contribution < 1.29 is 14.3 Å². The number of rotatable bonds is 9. The lowest BCUT2D eigenvalue weighted by molar-refractivity contribution is -0.118. The third kappa shape index (κ3) is 7.05. The normalized spacial score (nSPS) is 13.9. The van der Waals surface area contributed by atoms with E-state index in [-0.39, 0.29) is 24.0 Å². The average molecular weight is 682 g/mol. The number of anilines is 1. The first-order valence-electron chi connectivity index (χ1n) is 13.6. The molecule has 212 valence electrons. The van der Waals surface area contributed by atoms with E-state index < -0.39 is 0 Å². The molecular formula is C31H30Br2N4O4. The van der Waals surface area contributed by atoms with Crippen LogP contribution in [0.4, 0.5) is 5.69 Å². The fourth-order valence-corrected chi connectivity index (χ4v) is 5.88. The summed E-state index contributed by atoms with van der Waals surface area (Å²) in [5.41, 5.74) is 1.85. The number of ether oxygens (including phenoxy) is 2. The lowest BCUT2D eigenvalue weighted by atomic mass is 9.88. The SMILES string of the molecule is CCOc1cc(C=Nn2c(C3CCCCC3)nc3ccc(Br)cc3c2=O)cc(Br)c1OCC(=O)Nc1ccccc1. The maximum absolute atomic E-state index is 13.6. The van der Waals surface area contributed by atoms with Gasteiger partial charge in [-0.25, -0.2) is 4.98 Å². The number of hydrogen-bond donors (Lipinski definition) is 1. The Morgan fingerprint density at radius 3 is 2.61 bits per heavy atom. The third-order valence-electron chi connectivity index (χ3n) is 6.86. The highest BCUT2D eigenvalue weighted by molar-refractivity contribution is 9.10. The summed E-state index contributed by atoms with van der Waals surface area (Å²) < 4.78 is 14.5. The molecule has 0 bridgehead atoms. The van der Waals surface area contributed by atoms with E-state index in [1.165, 1.54) is 11.1 Å². The van der Waals surface area contributed by atoms with Gasteiger partial charge in [0.2, 0.25) is 0 Å². The topological polar surface area (TPSA) is 94.8 Å². The average Bonchev–Trinajstić information content (AvgIpc) is 2.97. The van der Waals surface area contributed by atoms with Crippen LogP contribution in [0.3, 0.4) is 0 Å². The van der Waals surface area contributed by atoms with Crippen molar-refractivity contribution in [1.29, 1.82) is 0 Å². The van der Waals surface area contributed by atoms with Crippen LogP contribution >= 0.6 is 31.9 Å². The highest BCUT2D eigenvalue weighted by atomic mass is 79.9. The number of fused-ring (bicyclic) bond motifs is 1. The molecule has 1 saturated carbocycles. The molecule has 1 aliphatic rings. The van der Waals surface area contributed by atoms with Gasteiger partial charge in [0.05, 0.1) is 28.2 Å². The molecule has 1 N–H and O–H groups in total. The molecule has 0 saturated heterocycles. The van der Waals surface area contributed by atoms with Gasteiger partial charge in [-0.3, -0.25) is 9.59 Å². The number of nitrogens with one attached hydrogen (secondary N) is 1. The van der Waals surface area contributed by atoms with Gasteiger partial charge in [0.1, 0.15) is 5.82 Å². The summed E-state index contributed by atoms with van der Waals surface area (Å²) in [7, 11) is 0. The summed E-state index contributed by atoms with van der Waals surface area (Å²) in [6, 6.07) is 18.3. The molecular weight excluding hydrogens is 652 g/mol. The lowest BCUT2D eigenvalue weighted by Gasteiger charge is -2.22. The minimum atomic E-state index is -0.291. The summed E-state index contributed by atoms with van der Waals surface area (Å²) in [5.74, 6) is 1.43. The largest absolute Gasteiger partial charge is 0.490 e. The van der Waals surface area contributed by atoms with Crippen LogP contribution in [0.5, 0.6) is 11.5 Å². The van der Waals surface area contributed by atoms with E-state index in [0.717, 1.165) is 30.2 Å². The van der Waals surface area contributed by atoms with E-state index in [2.05, 4.69) is 42.3 Å². The van der Waals surface area contributed by atoms with Crippen molar-refractivity contribution in [3.8, 4) is 11.5 Å². The van der Waals surface area contributed by atoms with E-state index >= 15 is 0 Å². The van der Waals surface area contributed by atoms with Crippen molar-refractivity contribution in [3.63, 3.8) is 0 Å². The van der Waals surface area contributed by atoms with Crippen LogP contribution in [0.25, 0.3) is 10.9 Å². The van der Waals surface area contributed by atoms with Gasteiger partial charge in [-0.2, -0.15) is 9.78 Å². The van der Waals surface area contributed by atoms with Gasteiger partial charge in [-0.05, 0) is 83.7 Å². The molecule has 0 spiro atoms. The third-order valence-corrected chi connectivity index (χ3v) is 7.95. The monoisotopic (exact) mass is 680 g/mol. The van der Waals surface area contributed by atoms with Crippen molar-refractivity contribution >= 4 is 60.6 Å². The van der Waals surface area contributed by atoms with Crippen molar-refractivity contribution in [2.75, 3.05) is 18.5 Å². The molecule has 1 aliphatic carbocycles. The van der Waals surface area contributed by atoms with Crippen LogP contribution in [0.1, 0.15) is 56.3 Å². The van der Waals surface area contributed by atoms with E-state index in [1.807, 2.05) is 55.5 Å². The molecule has 10 heteroatoms. The van der Waals surface area contributed by atoms with Gasteiger partial charge in [0, 0.05) is 16.1 Å². The molecule has 3 aromatic carbocycles. The van der Waals surface area contributed by atoms with Gasteiger partial charge in [0.15, 0.2) is 18.1 Å².